The van der Waals surface area contributed by atoms with E-state index in [2.05, 4.69) is 11.4 Å². The van der Waals surface area contributed by atoms with Crippen molar-refractivity contribution >= 4 is 29.3 Å². The number of hydrogen-bond donors (Lipinski definition) is 1. The molecule has 3 aliphatic heterocycles. The predicted molar refractivity (Wildman–Crippen MR) is 134 cm³/mol. The van der Waals surface area contributed by atoms with Gasteiger partial charge < -0.3 is 14.7 Å². The molecule has 0 aromatic heterocycles. The van der Waals surface area contributed by atoms with Gasteiger partial charge in [-0.05, 0) is 61.4 Å². The Balaban J connectivity index is 1.19. The molecular formula is C28H29FN4O4. The third-order valence-electron chi connectivity index (χ3n) is 8.13. The van der Waals surface area contributed by atoms with Crippen LogP contribution in [0, 0.1) is 5.82 Å². The number of nitrogens with zero attached hydrogens (tertiary/aromatic N) is 3. The summed E-state index contributed by atoms with van der Waals surface area (Å²) in [5.74, 6) is -1.70. The van der Waals surface area contributed by atoms with Crippen LogP contribution in [0.2, 0.25) is 0 Å². The number of fused-ring (bicyclic) bond motifs is 2. The van der Waals surface area contributed by atoms with Crippen LogP contribution in [-0.2, 0) is 29.0 Å². The van der Waals surface area contributed by atoms with Gasteiger partial charge in [0.05, 0.1) is 0 Å². The van der Waals surface area contributed by atoms with E-state index in [0.717, 1.165) is 31.2 Å². The highest BCUT2D eigenvalue weighted by Gasteiger charge is 2.41. The summed E-state index contributed by atoms with van der Waals surface area (Å²) in [6, 6.07) is 7.92. The number of anilines is 1. The number of benzene rings is 2. The minimum atomic E-state index is -0.750. The van der Waals surface area contributed by atoms with Gasteiger partial charge in [0.1, 0.15) is 11.9 Å². The number of carbonyl (C=O) groups excluding carboxylic acids is 4. The SMILES string of the molecule is O=C1CCC(N2Cc3c(cc(F)cc3N3CCN(C(=O)c4cccc5c4CCCC5)CC3)C2=O)C(=O)N1. The highest BCUT2D eigenvalue weighted by molar-refractivity contribution is 6.06. The summed E-state index contributed by atoms with van der Waals surface area (Å²) in [4.78, 5) is 55.8. The Labute approximate surface area is 214 Å². The lowest BCUT2D eigenvalue weighted by molar-refractivity contribution is -0.136. The highest BCUT2D eigenvalue weighted by atomic mass is 19.1. The number of halogens is 1. The van der Waals surface area contributed by atoms with Crippen LogP contribution in [0.4, 0.5) is 10.1 Å². The van der Waals surface area contributed by atoms with Crippen LogP contribution in [0.15, 0.2) is 30.3 Å². The number of aryl methyl sites for hydroxylation is 1. The lowest BCUT2D eigenvalue weighted by Crippen LogP contribution is -2.52. The zero-order valence-corrected chi connectivity index (χ0v) is 20.6. The maximum Gasteiger partial charge on any atom is 0.255 e. The Morgan fingerprint density at radius 2 is 1.73 bits per heavy atom. The van der Waals surface area contributed by atoms with Gasteiger partial charge in [0, 0.05) is 61.5 Å². The van der Waals surface area contributed by atoms with Crippen molar-refractivity contribution in [3.8, 4) is 0 Å². The van der Waals surface area contributed by atoms with Crippen molar-refractivity contribution in [1.82, 2.24) is 15.1 Å². The van der Waals surface area contributed by atoms with E-state index < -0.39 is 23.7 Å². The first-order valence-corrected chi connectivity index (χ1v) is 13.0. The molecule has 2 fully saturated rings. The second-order valence-electron chi connectivity index (χ2n) is 10.3. The second kappa shape index (κ2) is 9.28. The monoisotopic (exact) mass is 504 g/mol. The smallest absolute Gasteiger partial charge is 0.255 e. The zero-order chi connectivity index (χ0) is 25.7. The molecule has 1 N–H and O–H groups in total. The van der Waals surface area contributed by atoms with Crippen LogP contribution in [0.1, 0.15) is 63.1 Å². The topological polar surface area (TPSA) is 90.0 Å². The molecule has 0 saturated carbocycles. The molecule has 2 aromatic carbocycles. The molecule has 8 nitrogen and oxygen atoms in total. The third kappa shape index (κ3) is 4.16. The highest BCUT2D eigenvalue weighted by Crippen LogP contribution is 2.36. The molecule has 192 valence electrons. The van der Waals surface area contributed by atoms with Gasteiger partial charge in [0.25, 0.3) is 11.8 Å². The molecule has 9 heteroatoms. The summed E-state index contributed by atoms with van der Waals surface area (Å²) in [7, 11) is 0. The fourth-order valence-electron chi connectivity index (χ4n) is 6.19. The molecule has 3 heterocycles. The summed E-state index contributed by atoms with van der Waals surface area (Å²) >= 11 is 0. The first-order chi connectivity index (χ1) is 17.9. The second-order valence-corrected chi connectivity index (χ2v) is 10.3. The maximum atomic E-state index is 14.6. The molecule has 1 unspecified atom stereocenters. The molecule has 2 aromatic rings. The average Bonchev–Trinajstić information content (AvgIpc) is 3.23. The molecule has 0 spiro atoms. The normalized spacial score (nSPS) is 21.6. The summed E-state index contributed by atoms with van der Waals surface area (Å²) in [6.45, 7) is 2.22. The van der Waals surface area contributed by atoms with E-state index in [1.165, 1.54) is 28.2 Å². The van der Waals surface area contributed by atoms with Gasteiger partial charge in [0.2, 0.25) is 11.8 Å². The van der Waals surface area contributed by atoms with E-state index in [0.29, 0.717) is 37.4 Å². The number of hydrogen-bond acceptors (Lipinski definition) is 5. The maximum absolute atomic E-state index is 14.6. The molecule has 6 rings (SSSR count). The Morgan fingerprint density at radius 1 is 0.946 bits per heavy atom. The zero-order valence-electron chi connectivity index (χ0n) is 20.6. The Hall–Kier alpha value is -3.75. The van der Waals surface area contributed by atoms with Crippen molar-refractivity contribution in [2.75, 3.05) is 31.1 Å². The van der Waals surface area contributed by atoms with Crippen LogP contribution < -0.4 is 10.2 Å². The van der Waals surface area contributed by atoms with E-state index in [1.54, 1.807) is 0 Å². The molecule has 2 saturated heterocycles. The number of rotatable bonds is 3. The lowest BCUT2D eigenvalue weighted by Gasteiger charge is -2.37. The van der Waals surface area contributed by atoms with Crippen molar-refractivity contribution in [3.63, 3.8) is 0 Å². The standard InChI is InChI=1S/C28H29FN4O4/c29-18-14-21-22(16-33(28(21)37)23-8-9-25(34)30-26(23)35)24(15-18)31-10-12-32(13-11-31)27(36)20-7-3-5-17-4-1-2-6-19(17)20/h3,5,7,14-15,23H,1-2,4,6,8-13,16H2,(H,30,34,35). The molecule has 0 bridgehead atoms. The van der Waals surface area contributed by atoms with Gasteiger partial charge in [-0.1, -0.05) is 12.1 Å². The third-order valence-corrected chi connectivity index (χ3v) is 8.13. The average molecular weight is 505 g/mol. The van der Waals surface area contributed by atoms with E-state index >= 15 is 0 Å². The van der Waals surface area contributed by atoms with Crippen molar-refractivity contribution in [2.45, 2.75) is 51.1 Å². The molecule has 4 amide bonds. The number of amides is 4. The number of imide groups is 1. The fourth-order valence-corrected chi connectivity index (χ4v) is 6.19. The number of carbonyl (C=O) groups is 4. The number of piperidine rings is 1. The van der Waals surface area contributed by atoms with E-state index in [4.69, 9.17) is 0 Å². The van der Waals surface area contributed by atoms with Crippen LogP contribution in [0.3, 0.4) is 0 Å². The van der Waals surface area contributed by atoms with E-state index in [-0.39, 0.29) is 36.8 Å². The van der Waals surface area contributed by atoms with E-state index in [1.807, 2.05) is 21.9 Å². The van der Waals surface area contributed by atoms with Crippen LogP contribution in [0.25, 0.3) is 0 Å². The number of nitrogens with one attached hydrogen (secondary N) is 1. The van der Waals surface area contributed by atoms with Gasteiger partial charge in [-0.15, -0.1) is 0 Å². The van der Waals surface area contributed by atoms with Crippen molar-refractivity contribution in [2.24, 2.45) is 0 Å². The van der Waals surface area contributed by atoms with Crippen LogP contribution in [0.5, 0.6) is 0 Å². The predicted octanol–water partition coefficient (Wildman–Crippen LogP) is 2.43. The summed E-state index contributed by atoms with van der Waals surface area (Å²) in [6.07, 6.45) is 4.63. The van der Waals surface area contributed by atoms with Crippen molar-refractivity contribution in [3.05, 3.63) is 64.0 Å². The van der Waals surface area contributed by atoms with Gasteiger partial charge in [0.15, 0.2) is 0 Å². The minimum absolute atomic E-state index is 0.0436. The Morgan fingerprint density at radius 3 is 2.51 bits per heavy atom. The van der Waals surface area contributed by atoms with Gasteiger partial charge >= 0.3 is 0 Å². The summed E-state index contributed by atoms with van der Waals surface area (Å²) < 4.78 is 14.6. The molecule has 1 atom stereocenters. The lowest BCUT2D eigenvalue weighted by atomic mass is 9.88. The van der Waals surface area contributed by atoms with Crippen LogP contribution >= 0.6 is 0 Å². The largest absolute Gasteiger partial charge is 0.368 e. The first kappa shape index (κ1) is 23.6. The molecule has 0 radical (unpaired) electrons. The van der Waals surface area contributed by atoms with Gasteiger partial charge in [-0.25, -0.2) is 4.39 Å². The minimum Gasteiger partial charge on any atom is -0.368 e. The Kier molecular flexibility index (Phi) is 5.93. The van der Waals surface area contributed by atoms with E-state index in [9.17, 15) is 23.6 Å². The fraction of sp³-hybridized carbons (Fsp3) is 0.429. The molecular weight excluding hydrogens is 475 g/mol. The quantitative estimate of drug-likeness (QED) is 0.649. The van der Waals surface area contributed by atoms with Crippen molar-refractivity contribution < 1.29 is 23.6 Å². The molecule has 4 aliphatic rings. The number of piperazine rings is 1. The van der Waals surface area contributed by atoms with Gasteiger partial charge in [-0.3, -0.25) is 24.5 Å². The Bertz CT molecular complexity index is 1320. The molecule has 37 heavy (non-hydrogen) atoms. The first-order valence-electron chi connectivity index (χ1n) is 13.0. The molecule has 1 aliphatic carbocycles. The van der Waals surface area contributed by atoms with Gasteiger partial charge in [-0.2, -0.15) is 0 Å². The van der Waals surface area contributed by atoms with Crippen molar-refractivity contribution in [1.29, 1.82) is 0 Å². The summed E-state index contributed by atoms with van der Waals surface area (Å²) in [5, 5.41) is 2.30. The van der Waals surface area contributed by atoms with Crippen LogP contribution in [-0.4, -0.2) is 65.6 Å². The summed E-state index contributed by atoms with van der Waals surface area (Å²) in [5.41, 5.74) is 4.82.